The van der Waals surface area contributed by atoms with Crippen LogP contribution in [0.3, 0.4) is 0 Å². The normalized spacial score (nSPS) is 18.4. The van der Waals surface area contributed by atoms with Gasteiger partial charge in [-0.15, -0.1) is 0 Å². The predicted molar refractivity (Wildman–Crippen MR) is 95.0 cm³/mol. The predicted octanol–water partition coefficient (Wildman–Crippen LogP) is 2.33. The van der Waals surface area contributed by atoms with Gasteiger partial charge in [-0.25, -0.2) is 0 Å². The monoisotopic (exact) mass is 333 g/mol. The van der Waals surface area contributed by atoms with E-state index in [0.29, 0.717) is 37.1 Å². The third-order valence-corrected chi connectivity index (χ3v) is 3.95. The van der Waals surface area contributed by atoms with Crippen LogP contribution in [0.25, 0.3) is 0 Å². The van der Waals surface area contributed by atoms with Crippen molar-refractivity contribution in [2.45, 2.75) is 33.2 Å². The van der Waals surface area contributed by atoms with Gasteiger partial charge in [0.25, 0.3) is 0 Å². The van der Waals surface area contributed by atoms with Crippen molar-refractivity contribution in [3.05, 3.63) is 24.3 Å². The summed E-state index contributed by atoms with van der Waals surface area (Å²) >= 11 is 0. The lowest BCUT2D eigenvalue weighted by atomic mass is 10.0. The lowest BCUT2D eigenvalue weighted by Gasteiger charge is -2.36. The zero-order valence-electron chi connectivity index (χ0n) is 14.7. The van der Waals surface area contributed by atoms with E-state index in [1.54, 1.807) is 12.1 Å². The van der Waals surface area contributed by atoms with Crippen LogP contribution in [0, 0.1) is 5.92 Å². The zero-order valence-corrected chi connectivity index (χ0v) is 14.7. The van der Waals surface area contributed by atoms with Crippen molar-refractivity contribution in [2.75, 3.05) is 36.9 Å². The van der Waals surface area contributed by atoms with Crippen LogP contribution in [0.4, 0.5) is 11.4 Å². The van der Waals surface area contributed by atoms with Crippen molar-refractivity contribution < 1.29 is 14.3 Å². The first-order chi connectivity index (χ1) is 11.5. The molecule has 1 aromatic rings. The summed E-state index contributed by atoms with van der Waals surface area (Å²) in [5.74, 6) is 0.313. The minimum atomic E-state index is -0.165. The largest absolute Gasteiger partial charge is 0.378 e. The number of para-hydroxylation sites is 2. The van der Waals surface area contributed by atoms with Crippen LogP contribution in [-0.4, -0.2) is 49.1 Å². The molecule has 2 amide bonds. The number of rotatable bonds is 6. The molecular weight excluding hydrogens is 306 g/mol. The highest BCUT2D eigenvalue weighted by Crippen LogP contribution is 2.21. The SMILES string of the molecule is CC(=O)Nc1ccccc1NC(=O)CN1CCOCC1CC(C)C. The van der Waals surface area contributed by atoms with E-state index < -0.39 is 0 Å². The fourth-order valence-corrected chi connectivity index (χ4v) is 2.92. The third-order valence-electron chi connectivity index (χ3n) is 3.95. The second-order valence-corrected chi connectivity index (χ2v) is 6.60. The molecule has 1 aromatic carbocycles. The Morgan fingerprint density at radius 1 is 1.25 bits per heavy atom. The minimum absolute atomic E-state index is 0.0801. The maximum atomic E-state index is 12.4. The molecule has 0 aliphatic carbocycles. The lowest BCUT2D eigenvalue weighted by molar-refractivity contribution is -0.120. The van der Waals surface area contributed by atoms with E-state index in [9.17, 15) is 9.59 Å². The number of anilines is 2. The fourth-order valence-electron chi connectivity index (χ4n) is 2.92. The number of hydrogen-bond donors (Lipinski definition) is 2. The molecule has 1 heterocycles. The van der Waals surface area contributed by atoms with Gasteiger partial charge in [-0.3, -0.25) is 14.5 Å². The first-order valence-electron chi connectivity index (χ1n) is 8.44. The topological polar surface area (TPSA) is 70.7 Å². The lowest BCUT2D eigenvalue weighted by Crippen LogP contribution is -2.49. The Balaban J connectivity index is 1.98. The molecule has 2 N–H and O–H groups in total. The van der Waals surface area contributed by atoms with Crippen LogP contribution in [0.2, 0.25) is 0 Å². The maximum Gasteiger partial charge on any atom is 0.238 e. The number of ether oxygens (including phenoxy) is 1. The standard InChI is InChI=1S/C18H27N3O3/c1-13(2)10-15-12-24-9-8-21(15)11-18(23)20-17-7-5-4-6-16(17)19-14(3)22/h4-7,13,15H,8-12H2,1-3H3,(H,19,22)(H,20,23). The molecule has 1 saturated heterocycles. The summed E-state index contributed by atoms with van der Waals surface area (Å²) in [5, 5.41) is 5.63. The Morgan fingerprint density at radius 3 is 2.54 bits per heavy atom. The Labute approximate surface area is 143 Å². The van der Waals surface area contributed by atoms with Gasteiger partial charge in [0.05, 0.1) is 31.1 Å². The van der Waals surface area contributed by atoms with Gasteiger partial charge in [-0.05, 0) is 24.5 Å². The van der Waals surface area contributed by atoms with Gasteiger partial charge in [0, 0.05) is 19.5 Å². The van der Waals surface area contributed by atoms with E-state index in [-0.39, 0.29) is 17.9 Å². The Kier molecular flexibility index (Phi) is 6.75. The molecule has 0 bridgehead atoms. The first-order valence-corrected chi connectivity index (χ1v) is 8.44. The molecule has 0 spiro atoms. The molecule has 1 aliphatic rings. The van der Waals surface area contributed by atoms with E-state index in [4.69, 9.17) is 4.74 Å². The van der Waals surface area contributed by atoms with Gasteiger partial charge < -0.3 is 15.4 Å². The molecule has 6 heteroatoms. The van der Waals surface area contributed by atoms with Gasteiger partial charge >= 0.3 is 0 Å². The average Bonchev–Trinajstić information content (AvgIpc) is 2.50. The smallest absolute Gasteiger partial charge is 0.238 e. The van der Waals surface area contributed by atoms with Crippen molar-refractivity contribution in [1.29, 1.82) is 0 Å². The van der Waals surface area contributed by atoms with E-state index >= 15 is 0 Å². The summed E-state index contributed by atoms with van der Waals surface area (Å²) in [5.41, 5.74) is 1.23. The van der Waals surface area contributed by atoms with Crippen LogP contribution in [0.15, 0.2) is 24.3 Å². The molecule has 0 radical (unpaired) electrons. The summed E-state index contributed by atoms with van der Waals surface area (Å²) in [6.07, 6.45) is 1.01. The van der Waals surface area contributed by atoms with Crippen LogP contribution >= 0.6 is 0 Å². The zero-order chi connectivity index (χ0) is 17.5. The number of morpholine rings is 1. The van der Waals surface area contributed by atoms with Crippen molar-refractivity contribution in [2.24, 2.45) is 5.92 Å². The number of carbonyl (C=O) groups is 2. The molecule has 6 nitrogen and oxygen atoms in total. The van der Waals surface area contributed by atoms with Gasteiger partial charge in [0.15, 0.2) is 0 Å². The molecular formula is C18H27N3O3. The van der Waals surface area contributed by atoms with Gasteiger partial charge in [-0.1, -0.05) is 26.0 Å². The summed E-state index contributed by atoms with van der Waals surface area (Å²) in [6.45, 7) is 8.22. The molecule has 0 aromatic heterocycles. The minimum Gasteiger partial charge on any atom is -0.378 e. The fraction of sp³-hybridized carbons (Fsp3) is 0.556. The number of nitrogens with one attached hydrogen (secondary N) is 2. The number of hydrogen-bond acceptors (Lipinski definition) is 4. The van der Waals surface area contributed by atoms with Crippen molar-refractivity contribution in [3.63, 3.8) is 0 Å². The molecule has 1 unspecified atom stereocenters. The van der Waals surface area contributed by atoms with Crippen molar-refractivity contribution in [1.82, 2.24) is 4.90 Å². The van der Waals surface area contributed by atoms with Gasteiger partial charge in [0.1, 0.15) is 0 Å². The van der Waals surface area contributed by atoms with E-state index in [2.05, 4.69) is 29.4 Å². The number of benzene rings is 1. The molecule has 1 atom stereocenters. The highest BCUT2D eigenvalue weighted by atomic mass is 16.5. The van der Waals surface area contributed by atoms with Crippen molar-refractivity contribution >= 4 is 23.2 Å². The summed E-state index contributed by atoms with van der Waals surface area (Å²) in [4.78, 5) is 25.9. The molecule has 1 aliphatic heterocycles. The highest BCUT2D eigenvalue weighted by Gasteiger charge is 2.25. The van der Waals surface area contributed by atoms with Gasteiger partial charge in [0.2, 0.25) is 11.8 Å². The van der Waals surface area contributed by atoms with Crippen LogP contribution in [0.1, 0.15) is 27.2 Å². The maximum absolute atomic E-state index is 12.4. The molecule has 0 saturated carbocycles. The quantitative estimate of drug-likeness (QED) is 0.838. The third kappa shape index (κ3) is 5.62. The van der Waals surface area contributed by atoms with Gasteiger partial charge in [-0.2, -0.15) is 0 Å². The van der Waals surface area contributed by atoms with Crippen molar-refractivity contribution in [3.8, 4) is 0 Å². The Hall–Kier alpha value is -1.92. The molecule has 2 rings (SSSR count). The number of nitrogens with zero attached hydrogens (tertiary/aromatic N) is 1. The van der Waals surface area contributed by atoms with E-state index in [1.165, 1.54) is 6.92 Å². The Bertz CT molecular complexity index is 574. The average molecular weight is 333 g/mol. The number of amides is 2. The first kappa shape index (κ1) is 18.4. The van der Waals surface area contributed by atoms with E-state index in [1.807, 2.05) is 12.1 Å². The molecule has 24 heavy (non-hydrogen) atoms. The van der Waals surface area contributed by atoms with Crippen LogP contribution in [-0.2, 0) is 14.3 Å². The summed E-state index contributed by atoms with van der Waals surface area (Å²) in [6, 6.07) is 7.48. The van der Waals surface area contributed by atoms with Crippen LogP contribution in [0.5, 0.6) is 0 Å². The second-order valence-electron chi connectivity index (χ2n) is 6.60. The van der Waals surface area contributed by atoms with E-state index in [0.717, 1.165) is 13.0 Å². The molecule has 1 fully saturated rings. The second kappa shape index (κ2) is 8.80. The number of carbonyl (C=O) groups excluding carboxylic acids is 2. The van der Waals surface area contributed by atoms with Crippen LogP contribution < -0.4 is 10.6 Å². The Morgan fingerprint density at radius 2 is 1.92 bits per heavy atom. The summed E-state index contributed by atoms with van der Waals surface area (Å²) in [7, 11) is 0. The summed E-state index contributed by atoms with van der Waals surface area (Å²) < 4.78 is 5.56. The highest BCUT2D eigenvalue weighted by molar-refractivity contribution is 5.99. The molecule has 132 valence electrons.